The lowest BCUT2D eigenvalue weighted by Gasteiger charge is -2.13. The lowest BCUT2D eigenvalue weighted by molar-refractivity contribution is -0.138. The van der Waals surface area contributed by atoms with E-state index in [1.54, 1.807) is 12.1 Å². The van der Waals surface area contributed by atoms with Gasteiger partial charge in [-0.1, -0.05) is 12.1 Å². The topological polar surface area (TPSA) is 116 Å². The first-order valence-corrected chi connectivity index (χ1v) is 6.59. The summed E-state index contributed by atoms with van der Waals surface area (Å²) in [6.45, 7) is 1.48. The predicted octanol–water partition coefficient (Wildman–Crippen LogP) is -0.0587. The van der Waals surface area contributed by atoms with E-state index in [1.807, 2.05) is 0 Å². The van der Waals surface area contributed by atoms with Crippen LogP contribution in [0.3, 0.4) is 0 Å². The zero-order valence-electron chi connectivity index (χ0n) is 11.8. The Bertz CT molecular complexity index is 610. The molecule has 1 saturated heterocycles. The molecule has 1 aliphatic heterocycles. The molecule has 1 fully saturated rings. The summed E-state index contributed by atoms with van der Waals surface area (Å²) in [6, 6.07) is 4.81. The van der Waals surface area contributed by atoms with E-state index < -0.39 is 23.9 Å². The first kappa shape index (κ1) is 15.5. The van der Waals surface area contributed by atoms with Gasteiger partial charge in [0.1, 0.15) is 6.04 Å². The molecule has 1 aromatic carbocycles. The van der Waals surface area contributed by atoms with Crippen molar-refractivity contribution in [2.45, 2.75) is 19.5 Å². The van der Waals surface area contributed by atoms with Crippen molar-refractivity contribution < 1.29 is 24.3 Å². The van der Waals surface area contributed by atoms with Crippen LogP contribution in [0.2, 0.25) is 0 Å². The van der Waals surface area contributed by atoms with Crippen LogP contribution >= 0.6 is 0 Å². The molecule has 1 heterocycles. The second-order valence-corrected chi connectivity index (χ2v) is 4.87. The molecule has 1 unspecified atom stereocenters. The highest BCUT2D eigenvalue weighted by Crippen LogP contribution is 2.10. The van der Waals surface area contributed by atoms with Crippen LogP contribution in [0.1, 0.15) is 22.8 Å². The highest BCUT2D eigenvalue weighted by atomic mass is 16.4. The van der Waals surface area contributed by atoms with Crippen molar-refractivity contribution in [2.75, 3.05) is 6.54 Å². The summed E-state index contributed by atoms with van der Waals surface area (Å²) in [4.78, 5) is 46.5. The summed E-state index contributed by atoms with van der Waals surface area (Å²) in [5, 5.41) is 13.5. The van der Waals surface area contributed by atoms with Gasteiger partial charge in [0.25, 0.3) is 5.91 Å². The van der Waals surface area contributed by atoms with Gasteiger partial charge >= 0.3 is 12.0 Å². The maximum Gasteiger partial charge on any atom is 0.325 e. The minimum absolute atomic E-state index is 0.00754. The normalized spacial score (nSPS) is 15.4. The fourth-order valence-corrected chi connectivity index (χ4v) is 1.90. The van der Waals surface area contributed by atoms with Crippen LogP contribution < -0.4 is 10.6 Å². The third-order valence-electron chi connectivity index (χ3n) is 3.21. The second kappa shape index (κ2) is 6.25. The maximum absolute atomic E-state index is 11.8. The Labute approximate surface area is 126 Å². The number of carboxylic acids is 1. The number of carboxylic acid groups (broad SMARTS) is 1. The molecule has 8 heteroatoms. The lowest BCUT2D eigenvalue weighted by Crippen LogP contribution is -2.38. The summed E-state index contributed by atoms with van der Waals surface area (Å²) in [6.07, 6.45) is 0. The number of hydrogen-bond donors (Lipinski definition) is 3. The first-order valence-electron chi connectivity index (χ1n) is 6.59. The van der Waals surface area contributed by atoms with Crippen LogP contribution in [0.25, 0.3) is 0 Å². The molecule has 4 amide bonds. The molecule has 0 radical (unpaired) electrons. The molecule has 3 N–H and O–H groups in total. The number of amides is 4. The molecule has 1 aliphatic rings. The van der Waals surface area contributed by atoms with Crippen molar-refractivity contribution in [3.63, 3.8) is 0 Å². The zero-order chi connectivity index (χ0) is 16.3. The van der Waals surface area contributed by atoms with Gasteiger partial charge in [0.2, 0.25) is 5.91 Å². The first-order chi connectivity index (χ1) is 10.4. The molecule has 8 nitrogen and oxygen atoms in total. The monoisotopic (exact) mass is 305 g/mol. The van der Waals surface area contributed by atoms with Crippen molar-refractivity contribution >= 4 is 23.8 Å². The van der Waals surface area contributed by atoms with Crippen LogP contribution in [0, 0.1) is 0 Å². The molecule has 116 valence electrons. The number of hydrogen-bond acceptors (Lipinski definition) is 4. The van der Waals surface area contributed by atoms with Crippen LogP contribution in [0.5, 0.6) is 0 Å². The Balaban J connectivity index is 2.01. The van der Waals surface area contributed by atoms with E-state index in [2.05, 4.69) is 10.6 Å². The molecular formula is C14H15N3O5. The molecular weight excluding hydrogens is 290 g/mol. The van der Waals surface area contributed by atoms with Gasteiger partial charge in [-0.05, 0) is 24.6 Å². The Morgan fingerprint density at radius 2 is 1.95 bits per heavy atom. The average molecular weight is 305 g/mol. The molecule has 0 aromatic heterocycles. The van der Waals surface area contributed by atoms with Crippen molar-refractivity contribution in [2.24, 2.45) is 0 Å². The molecule has 22 heavy (non-hydrogen) atoms. The average Bonchev–Trinajstić information content (AvgIpc) is 2.79. The highest BCUT2D eigenvalue weighted by molar-refractivity contribution is 6.02. The fraction of sp³-hybridized carbons (Fsp3) is 0.286. The van der Waals surface area contributed by atoms with Gasteiger partial charge in [0.15, 0.2) is 0 Å². The molecule has 2 rings (SSSR count). The quantitative estimate of drug-likeness (QED) is 0.659. The Morgan fingerprint density at radius 1 is 1.32 bits per heavy atom. The number of benzene rings is 1. The Morgan fingerprint density at radius 3 is 2.45 bits per heavy atom. The lowest BCUT2D eigenvalue weighted by atomic mass is 10.1. The van der Waals surface area contributed by atoms with Crippen LogP contribution in [-0.4, -0.2) is 46.4 Å². The van der Waals surface area contributed by atoms with Gasteiger partial charge in [-0.2, -0.15) is 0 Å². The number of rotatable bonds is 5. The SMILES string of the molecule is CC(NC(=O)c1ccc(CN2C(=O)CNC2=O)cc1)C(=O)O. The van der Waals surface area contributed by atoms with E-state index in [9.17, 15) is 19.2 Å². The zero-order valence-corrected chi connectivity index (χ0v) is 11.8. The minimum atomic E-state index is -1.12. The minimum Gasteiger partial charge on any atom is -0.480 e. The smallest absolute Gasteiger partial charge is 0.325 e. The highest BCUT2D eigenvalue weighted by Gasteiger charge is 2.28. The third-order valence-corrected chi connectivity index (χ3v) is 3.21. The van der Waals surface area contributed by atoms with Gasteiger partial charge in [0.05, 0.1) is 13.1 Å². The number of imide groups is 1. The molecule has 0 spiro atoms. The van der Waals surface area contributed by atoms with Crippen molar-refractivity contribution in [1.29, 1.82) is 0 Å². The van der Waals surface area contributed by atoms with E-state index >= 15 is 0 Å². The number of carbonyl (C=O) groups excluding carboxylic acids is 3. The van der Waals surface area contributed by atoms with Crippen molar-refractivity contribution in [1.82, 2.24) is 15.5 Å². The maximum atomic E-state index is 11.8. The summed E-state index contributed by atoms with van der Waals surface area (Å²) in [7, 11) is 0. The molecule has 0 bridgehead atoms. The molecule has 1 aromatic rings. The molecule has 0 saturated carbocycles. The number of urea groups is 1. The van der Waals surface area contributed by atoms with Crippen molar-refractivity contribution in [3.05, 3.63) is 35.4 Å². The van der Waals surface area contributed by atoms with Crippen LogP contribution in [0.4, 0.5) is 4.79 Å². The predicted molar refractivity (Wildman–Crippen MR) is 75.0 cm³/mol. The molecule has 1 atom stereocenters. The largest absolute Gasteiger partial charge is 0.480 e. The van der Waals surface area contributed by atoms with E-state index in [1.165, 1.54) is 19.1 Å². The van der Waals surface area contributed by atoms with E-state index in [0.29, 0.717) is 11.1 Å². The van der Waals surface area contributed by atoms with Gasteiger partial charge in [0, 0.05) is 5.56 Å². The third kappa shape index (κ3) is 3.40. The summed E-state index contributed by atoms with van der Waals surface area (Å²) in [5.74, 6) is -1.93. The van der Waals surface area contributed by atoms with Gasteiger partial charge in [-0.15, -0.1) is 0 Å². The van der Waals surface area contributed by atoms with Crippen molar-refractivity contribution in [3.8, 4) is 0 Å². The number of aliphatic carboxylic acids is 1. The number of carbonyl (C=O) groups is 4. The van der Waals surface area contributed by atoms with E-state index in [0.717, 1.165) is 4.90 Å². The number of nitrogens with zero attached hydrogens (tertiary/aromatic N) is 1. The molecule has 0 aliphatic carbocycles. The summed E-state index contributed by atoms with van der Waals surface area (Å²) in [5.41, 5.74) is 0.988. The second-order valence-electron chi connectivity index (χ2n) is 4.87. The summed E-state index contributed by atoms with van der Waals surface area (Å²) < 4.78 is 0. The Hall–Kier alpha value is -2.90. The van der Waals surface area contributed by atoms with Crippen LogP contribution in [-0.2, 0) is 16.1 Å². The van der Waals surface area contributed by atoms with Gasteiger partial charge in [-0.3, -0.25) is 19.3 Å². The van der Waals surface area contributed by atoms with Crippen LogP contribution in [0.15, 0.2) is 24.3 Å². The summed E-state index contributed by atoms with van der Waals surface area (Å²) >= 11 is 0. The van der Waals surface area contributed by atoms with E-state index in [4.69, 9.17) is 5.11 Å². The Kier molecular flexibility index (Phi) is 4.40. The van der Waals surface area contributed by atoms with E-state index in [-0.39, 0.29) is 19.0 Å². The standard InChI is InChI=1S/C14H15N3O5/c1-8(13(20)21)16-12(19)10-4-2-9(3-5-10)7-17-11(18)6-15-14(17)22/h2-5,8H,6-7H2,1H3,(H,15,22)(H,16,19)(H,20,21). The van der Waals surface area contributed by atoms with Gasteiger partial charge in [-0.25, -0.2) is 4.79 Å². The number of nitrogens with one attached hydrogen (secondary N) is 2. The fourth-order valence-electron chi connectivity index (χ4n) is 1.90. The van der Waals surface area contributed by atoms with Gasteiger partial charge < -0.3 is 15.7 Å².